The lowest BCUT2D eigenvalue weighted by molar-refractivity contribution is -0.177. The van der Waals surface area contributed by atoms with Gasteiger partial charge in [-0.3, -0.25) is 0 Å². The molecule has 0 saturated heterocycles. The minimum Gasteiger partial charge on any atom is -0.453 e. The van der Waals surface area contributed by atoms with Crippen molar-refractivity contribution in [2.24, 2.45) is 0 Å². The highest BCUT2D eigenvalue weighted by molar-refractivity contribution is 5.59. The third-order valence-electron chi connectivity index (χ3n) is 4.09. The van der Waals surface area contributed by atoms with E-state index in [1.165, 1.54) is 12.1 Å². The van der Waals surface area contributed by atoms with Gasteiger partial charge < -0.3 is 24.3 Å². The third kappa shape index (κ3) is 5.00. The number of aromatic nitrogens is 5. The number of nitrogens with two attached hydrogens (primary N) is 1. The SMILES string of the molecule is CN(c1ccccc1)c1nc(N)nc(-c2noc(-c3ccc(COCC(F)(F)F)o3)n2)n1. The molecular weight excluding hydrogens is 431 g/mol. The van der Waals surface area contributed by atoms with Gasteiger partial charge in [0, 0.05) is 12.7 Å². The van der Waals surface area contributed by atoms with Crippen molar-refractivity contribution in [3.05, 3.63) is 48.2 Å². The lowest BCUT2D eigenvalue weighted by atomic mass is 10.3. The first-order valence-electron chi connectivity index (χ1n) is 9.16. The average Bonchev–Trinajstić information content (AvgIpc) is 3.42. The van der Waals surface area contributed by atoms with E-state index in [0.717, 1.165) is 5.69 Å². The molecule has 32 heavy (non-hydrogen) atoms. The van der Waals surface area contributed by atoms with Gasteiger partial charge in [-0.15, -0.1) is 0 Å². The quantitative estimate of drug-likeness (QED) is 0.448. The van der Waals surface area contributed by atoms with Gasteiger partial charge in [-0.2, -0.15) is 33.1 Å². The van der Waals surface area contributed by atoms with Gasteiger partial charge in [-0.05, 0) is 24.3 Å². The molecule has 0 radical (unpaired) electrons. The summed E-state index contributed by atoms with van der Waals surface area (Å²) in [5.74, 6) is 0.638. The van der Waals surface area contributed by atoms with Crippen molar-refractivity contribution in [3.63, 3.8) is 0 Å². The summed E-state index contributed by atoms with van der Waals surface area (Å²) in [5.41, 5.74) is 6.65. The number of ether oxygens (including phenoxy) is 1. The number of para-hydroxylation sites is 1. The molecule has 4 aromatic rings. The number of benzene rings is 1. The molecule has 0 amide bonds. The Morgan fingerprint density at radius 3 is 2.53 bits per heavy atom. The Morgan fingerprint density at radius 2 is 1.78 bits per heavy atom. The lowest BCUT2D eigenvalue weighted by Crippen LogP contribution is -2.16. The van der Waals surface area contributed by atoms with E-state index in [9.17, 15) is 13.2 Å². The predicted molar refractivity (Wildman–Crippen MR) is 105 cm³/mol. The number of nitrogen functional groups attached to an aromatic ring is 1. The Labute approximate surface area is 178 Å². The number of halogens is 3. The van der Waals surface area contributed by atoms with Crippen molar-refractivity contribution in [3.8, 4) is 23.3 Å². The molecule has 3 aromatic heterocycles. The van der Waals surface area contributed by atoms with E-state index in [2.05, 4.69) is 29.8 Å². The molecule has 2 N–H and O–H groups in total. The Balaban J connectivity index is 1.52. The molecule has 0 aliphatic carbocycles. The molecule has 0 aliphatic heterocycles. The summed E-state index contributed by atoms with van der Waals surface area (Å²) >= 11 is 0. The monoisotopic (exact) mass is 447 g/mol. The number of hydrogen-bond donors (Lipinski definition) is 1. The number of rotatable bonds is 7. The number of alkyl halides is 3. The maximum absolute atomic E-state index is 12.2. The smallest absolute Gasteiger partial charge is 0.411 e. The maximum atomic E-state index is 12.2. The van der Waals surface area contributed by atoms with Gasteiger partial charge in [0.2, 0.25) is 23.5 Å². The van der Waals surface area contributed by atoms with E-state index < -0.39 is 12.8 Å². The van der Waals surface area contributed by atoms with Crippen LogP contribution in [0.3, 0.4) is 0 Å². The summed E-state index contributed by atoms with van der Waals surface area (Å²) in [5, 5.41) is 3.83. The molecule has 0 unspecified atom stereocenters. The molecule has 0 bridgehead atoms. The van der Waals surface area contributed by atoms with Gasteiger partial charge in [0.25, 0.3) is 5.89 Å². The molecule has 0 aliphatic rings. The van der Waals surface area contributed by atoms with E-state index in [4.69, 9.17) is 14.7 Å². The zero-order valence-electron chi connectivity index (χ0n) is 16.6. The average molecular weight is 447 g/mol. The van der Waals surface area contributed by atoms with E-state index in [0.29, 0.717) is 0 Å². The van der Waals surface area contributed by atoms with Crippen LogP contribution in [0.1, 0.15) is 5.76 Å². The Kier molecular flexibility index (Phi) is 5.73. The number of hydrogen-bond acceptors (Lipinski definition) is 10. The van der Waals surface area contributed by atoms with Crippen LogP contribution in [0.4, 0.5) is 30.8 Å². The van der Waals surface area contributed by atoms with Crippen molar-refractivity contribution in [1.82, 2.24) is 25.1 Å². The first-order chi connectivity index (χ1) is 15.3. The minimum absolute atomic E-state index is 0.0148. The summed E-state index contributed by atoms with van der Waals surface area (Å²) in [6.45, 7) is -1.74. The van der Waals surface area contributed by atoms with Crippen molar-refractivity contribution in [2.75, 3.05) is 24.3 Å². The summed E-state index contributed by atoms with van der Waals surface area (Å²) in [4.78, 5) is 18.4. The van der Waals surface area contributed by atoms with E-state index in [-0.39, 0.29) is 47.6 Å². The van der Waals surface area contributed by atoms with Crippen LogP contribution in [0.15, 0.2) is 51.4 Å². The molecule has 0 atom stereocenters. The highest BCUT2D eigenvalue weighted by Crippen LogP contribution is 2.26. The molecule has 0 saturated carbocycles. The molecule has 0 spiro atoms. The number of nitrogens with zero attached hydrogens (tertiary/aromatic N) is 6. The highest BCUT2D eigenvalue weighted by Gasteiger charge is 2.27. The zero-order valence-corrected chi connectivity index (χ0v) is 16.6. The van der Waals surface area contributed by atoms with Crippen LogP contribution in [-0.4, -0.2) is 44.9 Å². The lowest BCUT2D eigenvalue weighted by Gasteiger charge is -2.17. The first kappa shape index (κ1) is 21.2. The highest BCUT2D eigenvalue weighted by atomic mass is 19.4. The third-order valence-corrected chi connectivity index (χ3v) is 4.09. The fourth-order valence-electron chi connectivity index (χ4n) is 2.65. The van der Waals surface area contributed by atoms with E-state index in [1.807, 2.05) is 30.3 Å². The van der Waals surface area contributed by atoms with Crippen molar-refractivity contribution < 1.29 is 26.8 Å². The minimum atomic E-state index is -4.42. The van der Waals surface area contributed by atoms with Gasteiger partial charge in [0.15, 0.2) is 5.76 Å². The summed E-state index contributed by atoms with van der Waals surface area (Å²) < 4.78 is 51.7. The molecule has 166 valence electrons. The molecule has 13 heteroatoms. The van der Waals surface area contributed by atoms with Gasteiger partial charge in [0.1, 0.15) is 19.0 Å². The number of anilines is 3. The summed E-state index contributed by atoms with van der Waals surface area (Å²) in [6.07, 6.45) is -4.42. The standard InChI is InChI=1S/C19H16F3N7O3/c1-29(11-5-3-2-4-6-11)18-26-14(25-17(23)27-18)15-24-16(32-28-15)13-8-7-12(31-13)9-30-10-19(20,21)22/h2-8H,9-10H2,1H3,(H2,23,25,26,27). The normalized spacial score (nSPS) is 11.6. The van der Waals surface area contributed by atoms with Crippen LogP contribution in [0, 0.1) is 0 Å². The van der Waals surface area contributed by atoms with Crippen molar-refractivity contribution in [1.29, 1.82) is 0 Å². The van der Waals surface area contributed by atoms with Crippen LogP contribution >= 0.6 is 0 Å². The molecule has 10 nitrogen and oxygen atoms in total. The van der Waals surface area contributed by atoms with E-state index >= 15 is 0 Å². The molecule has 3 heterocycles. The molecule has 0 fully saturated rings. The van der Waals surface area contributed by atoms with Crippen LogP contribution in [0.2, 0.25) is 0 Å². The van der Waals surface area contributed by atoms with E-state index in [1.54, 1.807) is 11.9 Å². The second-order valence-electron chi connectivity index (χ2n) is 6.51. The largest absolute Gasteiger partial charge is 0.453 e. The van der Waals surface area contributed by atoms with Crippen molar-refractivity contribution in [2.45, 2.75) is 12.8 Å². The molecule has 1 aromatic carbocycles. The molecule has 4 rings (SSSR count). The van der Waals surface area contributed by atoms with Gasteiger partial charge in [0.05, 0.1) is 0 Å². The zero-order chi connectivity index (χ0) is 22.7. The summed E-state index contributed by atoms with van der Waals surface area (Å²) in [7, 11) is 1.76. The van der Waals surface area contributed by atoms with Gasteiger partial charge in [-0.25, -0.2) is 0 Å². The second kappa shape index (κ2) is 8.63. The number of furan rings is 1. The first-order valence-corrected chi connectivity index (χ1v) is 9.16. The molecular formula is C19H16F3N7O3. The fourth-order valence-corrected chi connectivity index (χ4v) is 2.65. The van der Waals surface area contributed by atoms with Gasteiger partial charge >= 0.3 is 6.18 Å². The van der Waals surface area contributed by atoms with Crippen LogP contribution < -0.4 is 10.6 Å². The Bertz CT molecular complexity index is 1190. The van der Waals surface area contributed by atoms with Crippen molar-refractivity contribution >= 4 is 17.6 Å². The van der Waals surface area contributed by atoms with Crippen LogP contribution in [-0.2, 0) is 11.3 Å². The summed E-state index contributed by atoms with van der Waals surface area (Å²) in [6, 6.07) is 12.3. The topological polar surface area (TPSA) is 129 Å². The Hall–Kier alpha value is -4.00. The predicted octanol–water partition coefficient (Wildman–Crippen LogP) is 3.61. The second-order valence-corrected chi connectivity index (χ2v) is 6.51. The Morgan fingerprint density at radius 1 is 1.00 bits per heavy atom. The van der Waals surface area contributed by atoms with Crippen LogP contribution in [0.5, 0.6) is 0 Å². The van der Waals surface area contributed by atoms with Gasteiger partial charge in [-0.1, -0.05) is 23.4 Å². The van der Waals surface area contributed by atoms with Crippen LogP contribution in [0.25, 0.3) is 23.3 Å². The fraction of sp³-hybridized carbons (Fsp3) is 0.211. The maximum Gasteiger partial charge on any atom is 0.411 e.